The van der Waals surface area contributed by atoms with Crippen molar-refractivity contribution >= 4 is 0 Å². The van der Waals surface area contributed by atoms with Gasteiger partial charge in [-0.2, -0.15) is 13.2 Å². The molecule has 2 heterocycles. The topological polar surface area (TPSA) is 52.8 Å². The smallest absolute Gasteiger partial charge is 0.413 e. The third-order valence-corrected chi connectivity index (χ3v) is 1.60. The quantitative estimate of drug-likeness (QED) is 0.718. The van der Waals surface area contributed by atoms with Crippen molar-refractivity contribution in [3.8, 4) is 11.5 Å². The second kappa shape index (κ2) is 4.74. The molecule has 16 heavy (non-hydrogen) atoms. The monoisotopic (exact) mass is 408 g/mol. The minimum Gasteiger partial charge on any atom is -0.413 e. The first-order valence-corrected chi connectivity index (χ1v) is 3.93. The molecule has 0 amide bonds. The van der Waals surface area contributed by atoms with E-state index in [-0.39, 0.29) is 32.6 Å². The zero-order valence-corrected chi connectivity index (χ0v) is 9.82. The molecule has 88 valence electrons. The van der Waals surface area contributed by atoms with Crippen LogP contribution in [0, 0.1) is 0 Å². The van der Waals surface area contributed by atoms with Gasteiger partial charge < -0.3 is 10.1 Å². The van der Waals surface area contributed by atoms with E-state index in [1.54, 1.807) is 12.1 Å². The summed E-state index contributed by atoms with van der Waals surface area (Å²) in [5, 5.41) is 6.25. The van der Waals surface area contributed by atoms with Gasteiger partial charge >= 0.3 is 6.18 Å². The Morgan fingerprint density at radius 2 is 1.94 bits per heavy atom. The number of nitrogens with zero attached hydrogens (tertiary/aromatic N) is 4. The van der Waals surface area contributed by atoms with Crippen LogP contribution >= 0.6 is 0 Å². The molecular formula is C8H4F3N4Pt-. The van der Waals surface area contributed by atoms with Crippen molar-refractivity contribution in [1.82, 2.24) is 20.2 Å². The molecule has 0 fully saturated rings. The number of aromatic nitrogens is 4. The largest absolute Gasteiger partial charge is 0.429 e. The Balaban J connectivity index is 0.00000128. The second-order valence-electron chi connectivity index (χ2n) is 2.67. The van der Waals surface area contributed by atoms with E-state index in [4.69, 9.17) is 0 Å². The molecule has 0 aliphatic carbocycles. The van der Waals surface area contributed by atoms with Gasteiger partial charge in [0.05, 0.1) is 5.69 Å². The number of halogens is 3. The summed E-state index contributed by atoms with van der Waals surface area (Å²) in [5.41, 5.74) is 0.264. The van der Waals surface area contributed by atoms with E-state index in [1.807, 2.05) is 0 Å². The summed E-state index contributed by atoms with van der Waals surface area (Å²) in [5.74, 6) is -1.37. The summed E-state index contributed by atoms with van der Waals surface area (Å²) in [6.07, 6.45) is -3.13. The van der Waals surface area contributed by atoms with E-state index < -0.39 is 12.0 Å². The van der Waals surface area contributed by atoms with Crippen molar-refractivity contribution in [1.29, 1.82) is 0 Å². The molecule has 2 aromatic rings. The molecular weight excluding hydrogens is 404 g/mol. The fraction of sp³-hybridized carbons (Fsp3) is 0.125. The number of rotatable bonds is 1. The minimum atomic E-state index is -4.57. The van der Waals surface area contributed by atoms with Gasteiger partial charge in [0.25, 0.3) is 0 Å². The van der Waals surface area contributed by atoms with E-state index in [9.17, 15) is 13.2 Å². The number of pyridine rings is 1. The number of alkyl halides is 3. The molecule has 0 aromatic carbocycles. The molecule has 0 spiro atoms. The van der Waals surface area contributed by atoms with Gasteiger partial charge in [-0.05, 0) is 18.0 Å². The average molecular weight is 408 g/mol. The predicted octanol–water partition coefficient (Wildman–Crippen LogP) is 1.51. The van der Waals surface area contributed by atoms with Crippen LogP contribution in [0.15, 0.2) is 24.4 Å². The SMILES string of the molecule is FC(F)(F)c1n[n-]c(-c2ccccn2)n1.[Pt]. The van der Waals surface area contributed by atoms with Crippen LogP contribution in [-0.2, 0) is 27.2 Å². The van der Waals surface area contributed by atoms with Crippen LogP contribution in [0.2, 0.25) is 0 Å². The van der Waals surface area contributed by atoms with Gasteiger partial charge in [-0.1, -0.05) is 6.07 Å². The van der Waals surface area contributed by atoms with E-state index >= 15 is 0 Å². The standard InChI is InChI=1S/C8H4F3N4.Pt/c9-8(10,11)7-13-6(14-15-7)5-3-1-2-4-12-5;/h1-4H;/q-1;. The molecule has 0 radical (unpaired) electrons. The van der Waals surface area contributed by atoms with Gasteiger partial charge in [-0.3, -0.25) is 10.1 Å². The van der Waals surface area contributed by atoms with Gasteiger partial charge in [0.1, 0.15) is 5.82 Å². The third-order valence-electron chi connectivity index (χ3n) is 1.60. The van der Waals surface area contributed by atoms with Crippen molar-refractivity contribution in [2.45, 2.75) is 6.18 Å². The molecule has 0 aliphatic rings. The maximum Gasteiger partial charge on any atom is 0.429 e. The predicted molar refractivity (Wildman–Crippen MR) is 43.6 cm³/mol. The summed E-state index contributed by atoms with van der Waals surface area (Å²) < 4.78 is 36.4. The Hall–Kier alpha value is -1.23. The maximum absolute atomic E-state index is 12.1. The van der Waals surface area contributed by atoms with Gasteiger partial charge in [0.15, 0.2) is 0 Å². The summed E-state index contributed by atoms with van der Waals surface area (Å²) in [6, 6.07) is 4.79. The fourth-order valence-corrected chi connectivity index (χ4v) is 0.963. The van der Waals surface area contributed by atoms with Crippen LogP contribution < -0.4 is 5.10 Å². The average Bonchev–Trinajstić information content (AvgIpc) is 2.67. The van der Waals surface area contributed by atoms with Gasteiger partial charge in [0, 0.05) is 27.3 Å². The first-order valence-electron chi connectivity index (χ1n) is 3.93. The van der Waals surface area contributed by atoms with E-state index in [0.717, 1.165) is 0 Å². The minimum absolute atomic E-state index is 0. The Morgan fingerprint density at radius 3 is 2.44 bits per heavy atom. The Morgan fingerprint density at radius 1 is 1.19 bits per heavy atom. The summed E-state index contributed by atoms with van der Waals surface area (Å²) in [4.78, 5) is 7.05. The van der Waals surface area contributed by atoms with E-state index in [0.29, 0.717) is 0 Å². The van der Waals surface area contributed by atoms with Gasteiger partial charge in [-0.15, -0.1) is 0 Å². The van der Waals surface area contributed by atoms with Crippen molar-refractivity contribution in [3.63, 3.8) is 0 Å². The van der Waals surface area contributed by atoms with Crippen LogP contribution in [0.4, 0.5) is 13.2 Å². The first-order chi connectivity index (χ1) is 7.07. The van der Waals surface area contributed by atoms with E-state index in [1.165, 1.54) is 12.3 Å². The molecule has 0 N–H and O–H groups in total. The molecule has 0 unspecified atom stereocenters. The van der Waals surface area contributed by atoms with Crippen LogP contribution in [-0.4, -0.2) is 15.1 Å². The van der Waals surface area contributed by atoms with Gasteiger partial charge in [-0.25, -0.2) is 0 Å². The molecule has 0 aliphatic heterocycles. The van der Waals surface area contributed by atoms with Crippen molar-refractivity contribution < 1.29 is 34.2 Å². The van der Waals surface area contributed by atoms with Crippen LogP contribution in [0.3, 0.4) is 0 Å². The van der Waals surface area contributed by atoms with Crippen molar-refractivity contribution in [2.24, 2.45) is 0 Å². The molecule has 8 heteroatoms. The zero-order chi connectivity index (χ0) is 10.9. The molecule has 0 saturated heterocycles. The van der Waals surface area contributed by atoms with Gasteiger partial charge in [0.2, 0.25) is 0 Å². The summed E-state index contributed by atoms with van der Waals surface area (Å²) in [6.45, 7) is 0. The van der Waals surface area contributed by atoms with Crippen LogP contribution in [0.5, 0.6) is 0 Å². The Kier molecular flexibility index (Phi) is 3.80. The van der Waals surface area contributed by atoms with Crippen molar-refractivity contribution in [2.75, 3.05) is 0 Å². The third kappa shape index (κ3) is 2.66. The van der Waals surface area contributed by atoms with Crippen molar-refractivity contribution in [3.05, 3.63) is 30.2 Å². The molecule has 4 nitrogen and oxygen atoms in total. The first kappa shape index (κ1) is 12.8. The van der Waals surface area contributed by atoms with Crippen LogP contribution in [0.25, 0.3) is 11.5 Å². The summed E-state index contributed by atoms with van der Waals surface area (Å²) >= 11 is 0. The number of hydrogen-bond donors (Lipinski definition) is 0. The Bertz CT molecular complexity index is 454. The molecule has 0 atom stereocenters. The normalized spacial score (nSPS) is 10.9. The molecule has 2 rings (SSSR count). The summed E-state index contributed by atoms with van der Waals surface area (Å²) in [7, 11) is 0. The fourth-order valence-electron chi connectivity index (χ4n) is 0.963. The number of hydrogen-bond acceptors (Lipinski definition) is 3. The molecule has 2 aromatic heterocycles. The molecule has 0 bridgehead atoms. The van der Waals surface area contributed by atoms with Crippen LogP contribution in [0.1, 0.15) is 5.82 Å². The second-order valence-corrected chi connectivity index (χ2v) is 2.67. The maximum atomic E-state index is 12.1. The zero-order valence-electron chi connectivity index (χ0n) is 7.55. The Labute approximate surface area is 103 Å². The molecule has 0 saturated carbocycles. The van der Waals surface area contributed by atoms with E-state index in [2.05, 4.69) is 20.2 Å².